The van der Waals surface area contributed by atoms with Crippen molar-refractivity contribution in [3.05, 3.63) is 83.9 Å². The van der Waals surface area contributed by atoms with Crippen molar-refractivity contribution >= 4 is 10.8 Å². The van der Waals surface area contributed by atoms with Crippen molar-refractivity contribution in [2.45, 2.75) is 19.0 Å². The second-order valence-electron chi connectivity index (χ2n) is 6.04. The summed E-state index contributed by atoms with van der Waals surface area (Å²) >= 11 is 0. The Labute approximate surface area is 147 Å². The molecule has 0 aliphatic rings. The highest BCUT2D eigenvalue weighted by Gasteiger charge is 2.30. The number of aryl methyl sites for hydroxylation is 1. The average Bonchev–Trinajstić information content (AvgIpc) is 2.58. The molecule has 0 N–H and O–H groups in total. The zero-order valence-electron chi connectivity index (χ0n) is 13.7. The third kappa shape index (κ3) is 3.62. The first-order valence-corrected chi connectivity index (χ1v) is 8.00. The molecule has 0 radical (unpaired) electrons. The third-order valence-electron chi connectivity index (χ3n) is 4.20. The van der Waals surface area contributed by atoms with Crippen LogP contribution in [0.5, 0.6) is 0 Å². The quantitative estimate of drug-likeness (QED) is 0.349. The van der Waals surface area contributed by atoms with Gasteiger partial charge in [-0.05, 0) is 65.1 Å². The molecule has 0 atom stereocenters. The van der Waals surface area contributed by atoms with Crippen LogP contribution in [0.25, 0.3) is 21.9 Å². The molecular weight excluding hydrogens is 347 g/mol. The van der Waals surface area contributed by atoms with Gasteiger partial charge in [-0.2, -0.15) is 13.2 Å². The fourth-order valence-corrected chi connectivity index (χ4v) is 2.89. The van der Waals surface area contributed by atoms with Gasteiger partial charge in [-0.3, -0.25) is 0 Å². The Bertz CT molecular complexity index is 947. The first-order chi connectivity index (χ1) is 12.3. The van der Waals surface area contributed by atoms with Crippen molar-refractivity contribution in [2.75, 3.05) is 0 Å². The summed E-state index contributed by atoms with van der Waals surface area (Å²) in [5.41, 5.74) is -0.141. The van der Waals surface area contributed by atoms with Gasteiger partial charge in [0.25, 0.3) is 0 Å². The third-order valence-corrected chi connectivity index (χ3v) is 4.20. The molecule has 134 valence electrons. The molecule has 0 saturated heterocycles. The van der Waals surface area contributed by atoms with Gasteiger partial charge in [0.2, 0.25) is 0 Å². The van der Waals surface area contributed by atoms with Crippen LogP contribution in [0.1, 0.15) is 17.5 Å². The van der Waals surface area contributed by atoms with Crippen molar-refractivity contribution in [3.8, 4) is 11.1 Å². The Kier molecular flexibility index (Phi) is 4.81. The summed E-state index contributed by atoms with van der Waals surface area (Å²) < 4.78 is 67.2. The summed E-state index contributed by atoms with van der Waals surface area (Å²) in [6.07, 6.45) is -1.68. The zero-order chi connectivity index (χ0) is 18.9. The maximum absolute atomic E-state index is 14.4. The molecule has 0 amide bonds. The zero-order valence-corrected chi connectivity index (χ0v) is 13.7. The lowest BCUT2D eigenvalue weighted by Gasteiger charge is -2.11. The molecule has 0 aliphatic heterocycles. The van der Waals surface area contributed by atoms with E-state index in [0.29, 0.717) is 29.2 Å². The highest BCUT2D eigenvalue weighted by molar-refractivity contribution is 5.88. The number of rotatable bonds is 4. The lowest BCUT2D eigenvalue weighted by atomic mass is 9.97. The van der Waals surface area contributed by atoms with E-state index < -0.39 is 23.4 Å². The lowest BCUT2D eigenvalue weighted by molar-refractivity contribution is -0.137. The van der Waals surface area contributed by atoms with Gasteiger partial charge in [-0.15, -0.1) is 6.58 Å². The van der Waals surface area contributed by atoms with Gasteiger partial charge in [0, 0.05) is 0 Å². The number of alkyl halides is 3. The fourth-order valence-electron chi connectivity index (χ4n) is 2.89. The Morgan fingerprint density at radius 2 is 1.46 bits per heavy atom. The minimum atomic E-state index is -4.44. The van der Waals surface area contributed by atoms with Gasteiger partial charge in [-0.1, -0.05) is 24.3 Å². The van der Waals surface area contributed by atoms with Crippen molar-refractivity contribution in [1.29, 1.82) is 0 Å². The van der Waals surface area contributed by atoms with E-state index in [-0.39, 0.29) is 11.1 Å². The highest BCUT2D eigenvalue weighted by atomic mass is 19.4. The normalized spacial score (nSPS) is 11.7. The van der Waals surface area contributed by atoms with Crippen LogP contribution in [-0.4, -0.2) is 0 Å². The molecule has 5 heteroatoms. The highest BCUT2D eigenvalue weighted by Crippen LogP contribution is 2.34. The number of halogens is 5. The molecule has 0 fully saturated rings. The van der Waals surface area contributed by atoms with E-state index in [0.717, 1.165) is 12.1 Å². The van der Waals surface area contributed by atoms with E-state index in [4.69, 9.17) is 0 Å². The molecule has 3 aromatic carbocycles. The van der Waals surface area contributed by atoms with Crippen LogP contribution in [-0.2, 0) is 12.6 Å². The molecule has 0 aliphatic carbocycles. The Morgan fingerprint density at radius 1 is 0.846 bits per heavy atom. The maximum Gasteiger partial charge on any atom is 0.416 e. The van der Waals surface area contributed by atoms with Gasteiger partial charge in [0.05, 0.1) is 11.1 Å². The number of hydrogen-bond acceptors (Lipinski definition) is 0. The van der Waals surface area contributed by atoms with Gasteiger partial charge in [0.1, 0.15) is 11.6 Å². The van der Waals surface area contributed by atoms with Crippen molar-refractivity contribution in [2.24, 2.45) is 0 Å². The number of benzene rings is 3. The number of fused-ring (bicyclic) bond motifs is 1. The molecule has 0 unspecified atom stereocenters. The van der Waals surface area contributed by atoms with Crippen LogP contribution in [0, 0.1) is 11.6 Å². The predicted octanol–water partition coefficient (Wildman–Crippen LogP) is 6.92. The van der Waals surface area contributed by atoms with Crippen molar-refractivity contribution < 1.29 is 22.0 Å². The Balaban J connectivity index is 2.04. The van der Waals surface area contributed by atoms with Crippen LogP contribution in [0.2, 0.25) is 0 Å². The summed E-state index contributed by atoms with van der Waals surface area (Å²) in [6.45, 7) is 3.58. The van der Waals surface area contributed by atoms with Crippen LogP contribution in [0.15, 0.2) is 61.2 Å². The number of hydrogen-bond donors (Lipinski definition) is 0. The second kappa shape index (κ2) is 6.90. The van der Waals surface area contributed by atoms with Gasteiger partial charge >= 0.3 is 6.18 Å². The molecule has 26 heavy (non-hydrogen) atoms. The summed E-state index contributed by atoms with van der Waals surface area (Å²) in [6, 6.07) is 10.2. The molecule has 0 aromatic heterocycles. The fraction of sp³-hybridized carbons (Fsp3) is 0.143. The number of allylic oxidation sites excluding steroid dienone is 1. The molecule has 0 nitrogen and oxygen atoms in total. The summed E-state index contributed by atoms with van der Waals surface area (Å²) in [5, 5.41) is 0.831. The largest absolute Gasteiger partial charge is 0.416 e. The molecule has 0 heterocycles. The minimum absolute atomic E-state index is 0.186. The van der Waals surface area contributed by atoms with Gasteiger partial charge in [-0.25, -0.2) is 8.78 Å². The van der Waals surface area contributed by atoms with E-state index in [1.165, 1.54) is 36.4 Å². The van der Waals surface area contributed by atoms with Crippen LogP contribution in [0.3, 0.4) is 0 Å². The summed E-state index contributed by atoms with van der Waals surface area (Å²) in [5.74, 6) is -1.40. The minimum Gasteiger partial charge on any atom is -0.206 e. The van der Waals surface area contributed by atoms with Crippen LogP contribution >= 0.6 is 0 Å². The first kappa shape index (κ1) is 18.1. The Hall–Kier alpha value is -2.69. The van der Waals surface area contributed by atoms with E-state index in [1.807, 2.05) is 0 Å². The van der Waals surface area contributed by atoms with E-state index in [1.54, 1.807) is 6.08 Å². The topological polar surface area (TPSA) is 0 Å². The van der Waals surface area contributed by atoms with E-state index in [9.17, 15) is 22.0 Å². The van der Waals surface area contributed by atoms with Crippen molar-refractivity contribution in [3.63, 3.8) is 0 Å². The Morgan fingerprint density at radius 3 is 2.08 bits per heavy atom. The van der Waals surface area contributed by atoms with Crippen LogP contribution < -0.4 is 0 Å². The van der Waals surface area contributed by atoms with Gasteiger partial charge in [0.15, 0.2) is 0 Å². The standard InChI is InChI=1S/C21H15F5/c1-2-3-4-13-9-18(22)20(19(23)10-13)16-6-5-15-12-17(21(24,25)26)8-7-14(15)11-16/h2,5-12H,1,3-4H2. The molecular formula is C21H15F5. The van der Waals surface area contributed by atoms with Crippen LogP contribution in [0.4, 0.5) is 22.0 Å². The summed E-state index contributed by atoms with van der Waals surface area (Å²) in [7, 11) is 0. The average molecular weight is 362 g/mol. The second-order valence-corrected chi connectivity index (χ2v) is 6.04. The molecule has 3 rings (SSSR count). The van der Waals surface area contributed by atoms with Gasteiger partial charge < -0.3 is 0 Å². The SMILES string of the molecule is C=CCCc1cc(F)c(-c2ccc3cc(C(F)(F)F)ccc3c2)c(F)c1. The molecule has 0 bridgehead atoms. The molecule has 3 aromatic rings. The molecule has 0 spiro atoms. The van der Waals surface area contributed by atoms with E-state index in [2.05, 4.69) is 6.58 Å². The lowest BCUT2D eigenvalue weighted by Crippen LogP contribution is -2.04. The molecule has 0 saturated carbocycles. The maximum atomic E-state index is 14.4. The monoisotopic (exact) mass is 362 g/mol. The first-order valence-electron chi connectivity index (χ1n) is 8.00. The van der Waals surface area contributed by atoms with E-state index >= 15 is 0 Å². The summed E-state index contributed by atoms with van der Waals surface area (Å²) in [4.78, 5) is 0. The van der Waals surface area contributed by atoms with Crippen molar-refractivity contribution in [1.82, 2.24) is 0 Å². The predicted molar refractivity (Wildman–Crippen MR) is 92.8 cm³/mol. The smallest absolute Gasteiger partial charge is 0.206 e.